The van der Waals surface area contributed by atoms with Crippen molar-refractivity contribution in [3.05, 3.63) is 76.1 Å². The Kier molecular flexibility index (Phi) is 4.28. The van der Waals surface area contributed by atoms with Crippen molar-refractivity contribution in [1.82, 2.24) is 4.90 Å². The van der Waals surface area contributed by atoms with Crippen LogP contribution in [0.3, 0.4) is 0 Å². The summed E-state index contributed by atoms with van der Waals surface area (Å²) in [4.78, 5) is 16.7. The van der Waals surface area contributed by atoms with Crippen LogP contribution >= 0.6 is 0 Å². The Hall–Kier alpha value is -2.59. The Morgan fingerprint density at radius 1 is 0.960 bits per heavy atom. The third kappa shape index (κ3) is 3.44. The van der Waals surface area contributed by atoms with Gasteiger partial charge in [-0.25, -0.2) is 4.79 Å². The normalized spacial score (nSPS) is 15.6. The molecule has 0 N–H and O–H groups in total. The van der Waals surface area contributed by atoms with E-state index in [1.54, 1.807) is 6.07 Å². The molecule has 1 saturated heterocycles. The van der Waals surface area contributed by atoms with Crippen LogP contribution in [0.2, 0.25) is 0 Å². The highest BCUT2D eigenvalue weighted by molar-refractivity contribution is 5.80. The molecule has 0 spiro atoms. The molecule has 0 unspecified atom stereocenters. The molecule has 0 radical (unpaired) electrons. The monoisotopic (exact) mass is 334 g/mol. The molecule has 2 aromatic carbocycles. The minimum Gasteiger partial charge on any atom is -0.423 e. The van der Waals surface area contributed by atoms with E-state index in [-0.39, 0.29) is 5.63 Å². The Bertz CT molecular complexity index is 926. The highest BCUT2D eigenvalue weighted by Gasteiger charge is 2.18. The van der Waals surface area contributed by atoms with E-state index in [2.05, 4.69) is 46.2 Å². The summed E-state index contributed by atoms with van der Waals surface area (Å²) in [7, 11) is 0. The van der Waals surface area contributed by atoms with E-state index >= 15 is 0 Å². The standard InChI is InChI=1S/C21H22N2O2/c1-16-7-8-19-17(14-21(24)25-20(19)13-16)15-22-9-11-23(12-10-22)18-5-3-2-4-6-18/h2-8,13-14H,9-12,15H2,1H3. The maximum Gasteiger partial charge on any atom is 0.336 e. The fraction of sp³-hybridized carbons (Fsp3) is 0.286. The predicted octanol–water partition coefficient (Wildman–Crippen LogP) is 3.42. The number of benzene rings is 2. The van der Waals surface area contributed by atoms with Gasteiger partial charge >= 0.3 is 5.63 Å². The van der Waals surface area contributed by atoms with Gasteiger partial charge in [-0.2, -0.15) is 0 Å². The van der Waals surface area contributed by atoms with Crippen LogP contribution in [0.25, 0.3) is 11.0 Å². The van der Waals surface area contributed by atoms with Crippen molar-refractivity contribution in [2.45, 2.75) is 13.5 Å². The number of aryl methyl sites for hydroxylation is 1. The fourth-order valence-electron chi connectivity index (χ4n) is 3.51. The Morgan fingerprint density at radius 2 is 1.72 bits per heavy atom. The molecule has 1 aliphatic heterocycles. The first kappa shape index (κ1) is 15.9. The van der Waals surface area contributed by atoms with Crippen LogP contribution in [0, 0.1) is 6.92 Å². The molecule has 4 nitrogen and oxygen atoms in total. The van der Waals surface area contributed by atoms with Crippen LogP contribution in [0.5, 0.6) is 0 Å². The SMILES string of the molecule is Cc1ccc2c(CN3CCN(c4ccccc4)CC3)cc(=O)oc2c1. The summed E-state index contributed by atoms with van der Waals surface area (Å²) in [5.41, 5.74) is 3.86. The second-order valence-corrected chi connectivity index (χ2v) is 6.69. The number of nitrogens with zero attached hydrogens (tertiary/aromatic N) is 2. The van der Waals surface area contributed by atoms with E-state index in [0.29, 0.717) is 5.58 Å². The lowest BCUT2D eigenvalue weighted by Gasteiger charge is -2.36. The molecule has 0 saturated carbocycles. The van der Waals surface area contributed by atoms with E-state index in [9.17, 15) is 4.79 Å². The zero-order valence-corrected chi connectivity index (χ0v) is 14.4. The number of anilines is 1. The van der Waals surface area contributed by atoms with Gasteiger partial charge in [-0.3, -0.25) is 4.90 Å². The molecule has 3 aromatic rings. The van der Waals surface area contributed by atoms with Gasteiger partial charge < -0.3 is 9.32 Å². The van der Waals surface area contributed by atoms with Crippen molar-refractivity contribution in [2.75, 3.05) is 31.1 Å². The zero-order chi connectivity index (χ0) is 17.2. The average molecular weight is 334 g/mol. The molecule has 0 aliphatic carbocycles. The number of piperazine rings is 1. The first-order valence-corrected chi connectivity index (χ1v) is 8.75. The maximum absolute atomic E-state index is 11.9. The van der Waals surface area contributed by atoms with Gasteiger partial charge in [-0.05, 0) is 36.2 Å². The van der Waals surface area contributed by atoms with E-state index in [1.165, 1.54) is 5.69 Å². The highest BCUT2D eigenvalue weighted by atomic mass is 16.4. The Labute approximate surface area is 147 Å². The first-order valence-electron chi connectivity index (χ1n) is 8.75. The van der Waals surface area contributed by atoms with Crippen molar-refractivity contribution in [3.8, 4) is 0 Å². The number of fused-ring (bicyclic) bond motifs is 1. The number of para-hydroxylation sites is 1. The van der Waals surface area contributed by atoms with Crippen LogP contribution in [0.15, 0.2) is 63.8 Å². The van der Waals surface area contributed by atoms with Crippen LogP contribution < -0.4 is 10.5 Å². The maximum atomic E-state index is 11.9. The number of hydrogen-bond acceptors (Lipinski definition) is 4. The molecular formula is C21H22N2O2. The molecule has 0 bridgehead atoms. The minimum absolute atomic E-state index is 0.268. The number of rotatable bonds is 3. The summed E-state index contributed by atoms with van der Waals surface area (Å²) in [6.45, 7) is 6.78. The van der Waals surface area contributed by atoms with Gasteiger partial charge in [0.2, 0.25) is 0 Å². The summed E-state index contributed by atoms with van der Waals surface area (Å²) in [5, 5.41) is 1.04. The Morgan fingerprint density at radius 3 is 2.48 bits per heavy atom. The smallest absolute Gasteiger partial charge is 0.336 e. The van der Waals surface area contributed by atoms with Crippen LogP contribution in [-0.2, 0) is 6.54 Å². The van der Waals surface area contributed by atoms with Crippen molar-refractivity contribution >= 4 is 16.7 Å². The molecule has 1 fully saturated rings. The van der Waals surface area contributed by atoms with E-state index in [4.69, 9.17) is 4.42 Å². The molecule has 2 heterocycles. The second kappa shape index (κ2) is 6.73. The van der Waals surface area contributed by atoms with Crippen LogP contribution in [0.1, 0.15) is 11.1 Å². The first-order chi connectivity index (χ1) is 12.2. The average Bonchev–Trinajstić information content (AvgIpc) is 2.62. The summed E-state index contributed by atoms with van der Waals surface area (Å²) >= 11 is 0. The second-order valence-electron chi connectivity index (χ2n) is 6.69. The minimum atomic E-state index is -0.268. The highest BCUT2D eigenvalue weighted by Crippen LogP contribution is 2.21. The van der Waals surface area contributed by atoms with E-state index < -0.39 is 0 Å². The van der Waals surface area contributed by atoms with Crippen molar-refractivity contribution < 1.29 is 4.42 Å². The van der Waals surface area contributed by atoms with Gasteiger partial charge in [0.15, 0.2) is 0 Å². The lowest BCUT2D eigenvalue weighted by Crippen LogP contribution is -2.46. The third-order valence-corrected chi connectivity index (χ3v) is 4.87. The van der Waals surface area contributed by atoms with Gasteiger partial charge in [0.05, 0.1) is 0 Å². The molecule has 1 aromatic heterocycles. The summed E-state index contributed by atoms with van der Waals surface area (Å²) < 4.78 is 5.36. The van der Waals surface area contributed by atoms with Crippen molar-refractivity contribution in [1.29, 1.82) is 0 Å². The molecular weight excluding hydrogens is 312 g/mol. The molecule has 0 amide bonds. The molecule has 25 heavy (non-hydrogen) atoms. The summed E-state index contributed by atoms with van der Waals surface area (Å²) in [6.07, 6.45) is 0. The zero-order valence-electron chi connectivity index (χ0n) is 14.4. The van der Waals surface area contributed by atoms with Gasteiger partial charge in [0, 0.05) is 49.9 Å². The van der Waals surface area contributed by atoms with Crippen LogP contribution in [0.4, 0.5) is 5.69 Å². The van der Waals surface area contributed by atoms with E-state index in [1.807, 2.05) is 19.1 Å². The summed E-state index contributed by atoms with van der Waals surface area (Å²) in [5.74, 6) is 0. The lowest BCUT2D eigenvalue weighted by molar-refractivity contribution is 0.250. The van der Waals surface area contributed by atoms with Crippen LogP contribution in [-0.4, -0.2) is 31.1 Å². The molecule has 0 atom stereocenters. The topological polar surface area (TPSA) is 36.7 Å². The van der Waals surface area contributed by atoms with Gasteiger partial charge in [0.25, 0.3) is 0 Å². The molecule has 4 rings (SSSR count). The lowest BCUT2D eigenvalue weighted by atomic mass is 10.1. The van der Waals surface area contributed by atoms with Gasteiger partial charge in [-0.1, -0.05) is 30.3 Å². The Balaban J connectivity index is 1.50. The quantitative estimate of drug-likeness (QED) is 0.688. The van der Waals surface area contributed by atoms with Gasteiger partial charge in [-0.15, -0.1) is 0 Å². The summed E-state index contributed by atoms with van der Waals surface area (Å²) in [6, 6.07) is 18.2. The van der Waals surface area contributed by atoms with E-state index in [0.717, 1.165) is 49.2 Å². The van der Waals surface area contributed by atoms with Crippen molar-refractivity contribution in [2.24, 2.45) is 0 Å². The molecule has 1 aliphatic rings. The molecule has 128 valence electrons. The molecule has 4 heteroatoms. The largest absolute Gasteiger partial charge is 0.423 e. The fourth-order valence-corrected chi connectivity index (χ4v) is 3.51. The number of hydrogen-bond donors (Lipinski definition) is 0. The van der Waals surface area contributed by atoms with Crippen molar-refractivity contribution in [3.63, 3.8) is 0 Å². The van der Waals surface area contributed by atoms with Gasteiger partial charge in [0.1, 0.15) is 5.58 Å². The third-order valence-electron chi connectivity index (χ3n) is 4.87. The predicted molar refractivity (Wildman–Crippen MR) is 101 cm³/mol.